The van der Waals surface area contributed by atoms with Gasteiger partial charge in [0.25, 0.3) is 5.69 Å². The molecule has 0 aromatic heterocycles. The minimum absolute atomic E-state index is 0.0216. The van der Waals surface area contributed by atoms with Crippen LogP contribution in [0, 0.1) is 15.9 Å². The van der Waals surface area contributed by atoms with Crippen LogP contribution in [-0.2, 0) is 9.53 Å². The van der Waals surface area contributed by atoms with Crippen molar-refractivity contribution in [2.24, 2.45) is 4.99 Å². The average Bonchev–Trinajstić information content (AvgIpc) is 2.97. The molecule has 7 heteroatoms. The number of ether oxygens (including phenoxy) is 1. The van der Waals surface area contributed by atoms with E-state index in [0.29, 0.717) is 11.1 Å². The highest BCUT2D eigenvalue weighted by atomic mass is 19.1. The molecule has 3 rings (SSSR count). The van der Waals surface area contributed by atoms with Crippen molar-refractivity contribution in [1.29, 1.82) is 0 Å². The maximum Gasteiger partial charge on any atom is 0.363 e. The van der Waals surface area contributed by atoms with Crippen LogP contribution in [0.1, 0.15) is 11.1 Å². The summed E-state index contributed by atoms with van der Waals surface area (Å²) in [6.07, 6.45) is 4.60. The van der Waals surface area contributed by atoms with E-state index in [4.69, 9.17) is 4.74 Å². The lowest BCUT2D eigenvalue weighted by atomic mass is 10.2. The molecule has 6 nitrogen and oxygen atoms in total. The van der Waals surface area contributed by atoms with Crippen LogP contribution in [0.3, 0.4) is 0 Å². The molecule has 0 saturated carbocycles. The monoisotopic (exact) mass is 338 g/mol. The van der Waals surface area contributed by atoms with Crippen molar-refractivity contribution < 1.29 is 18.8 Å². The molecule has 0 fully saturated rings. The van der Waals surface area contributed by atoms with Gasteiger partial charge in [0.15, 0.2) is 5.70 Å². The Hall–Kier alpha value is -3.61. The Morgan fingerprint density at radius 2 is 1.92 bits per heavy atom. The van der Waals surface area contributed by atoms with Crippen LogP contribution in [-0.4, -0.2) is 16.8 Å². The first-order valence-electron chi connectivity index (χ1n) is 7.22. The van der Waals surface area contributed by atoms with E-state index in [1.165, 1.54) is 42.5 Å². The fourth-order valence-electron chi connectivity index (χ4n) is 2.13. The second-order valence-electron chi connectivity index (χ2n) is 5.08. The van der Waals surface area contributed by atoms with Gasteiger partial charge in [-0.25, -0.2) is 14.2 Å². The van der Waals surface area contributed by atoms with Crippen molar-refractivity contribution in [3.05, 3.63) is 93.4 Å². The molecule has 0 aliphatic carbocycles. The minimum Gasteiger partial charge on any atom is -0.402 e. The molecule has 1 heterocycles. The fourth-order valence-corrected chi connectivity index (χ4v) is 2.13. The molecule has 0 bridgehead atoms. The number of benzene rings is 2. The molecule has 0 amide bonds. The van der Waals surface area contributed by atoms with E-state index < -0.39 is 16.7 Å². The van der Waals surface area contributed by atoms with Crippen LogP contribution in [0.4, 0.5) is 10.1 Å². The molecular formula is C18H11FN2O4. The molecule has 0 unspecified atom stereocenters. The molecule has 124 valence electrons. The van der Waals surface area contributed by atoms with Crippen LogP contribution in [0.25, 0.3) is 6.08 Å². The first kappa shape index (κ1) is 16.3. The number of aliphatic imine (C=N–C) groups is 1. The predicted octanol–water partition coefficient (Wildman–Crippen LogP) is 3.63. The molecule has 0 saturated heterocycles. The van der Waals surface area contributed by atoms with E-state index in [0.717, 1.165) is 0 Å². The number of carbonyl (C=O) groups excluding carboxylic acids is 1. The summed E-state index contributed by atoms with van der Waals surface area (Å²) in [7, 11) is 0. The number of rotatable bonds is 4. The third-order valence-corrected chi connectivity index (χ3v) is 3.34. The summed E-state index contributed by atoms with van der Waals surface area (Å²) in [4.78, 5) is 26.1. The largest absolute Gasteiger partial charge is 0.402 e. The number of nitro groups is 1. The predicted molar refractivity (Wildman–Crippen MR) is 89.2 cm³/mol. The normalized spacial score (nSPS) is 15.5. The molecule has 0 spiro atoms. The lowest BCUT2D eigenvalue weighted by Gasteiger charge is -1.98. The summed E-state index contributed by atoms with van der Waals surface area (Å²) >= 11 is 0. The molecule has 0 N–H and O–H groups in total. The summed E-state index contributed by atoms with van der Waals surface area (Å²) in [5.41, 5.74) is 1.16. The number of esters is 1. The Labute approximate surface area is 141 Å². The summed E-state index contributed by atoms with van der Waals surface area (Å²) in [6.45, 7) is 0. The zero-order chi connectivity index (χ0) is 17.8. The topological polar surface area (TPSA) is 81.8 Å². The van der Waals surface area contributed by atoms with Crippen molar-refractivity contribution in [3.8, 4) is 0 Å². The molecule has 1 aliphatic heterocycles. The summed E-state index contributed by atoms with van der Waals surface area (Å²) in [5, 5.41) is 10.7. The van der Waals surface area contributed by atoms with Crippen molar-refractivity contribution in [1.82, 2.24) is 0 Å². The standard InChI is InChI=1S/C18H11FN2O4/c19-14-9-7-13(8-10-14)17-20-16(18(22)25-17)6-2-4-12-3-1-5-15(11-12)21(23)24/h1-11H/b4-2+,16-6+. The minimum atomic E-state index is -0.622. The van der Waals surface area contributed by atoms with Gasteiger partial charge in [0.1, 0.15) is 5.82 Å². The molecule has 2 aromatic rings. The number of halogens is 1. The van der Waals surface area contributed by atoms with E-state index >= 15 is 0 Å². The Kier molecular flexibility index (Phi) is 4.47. The fraction of sp³-hybridized carbons (Fsp3) is 0. The van der Waals surface area contributed by atoms with Gasteiger partial charge in [-0.2, -0.15) is 0 Å². The molecule has 2 aromatic carbocycles. The molecular weight excluding hydrogens is 327 g/mol. The third kappa shape index (κ3) is 3.84. The van der Waals surface area contributed by atoms with Crippen molar-refractivity contribution in [2.75, 3.05) is 0 Å². The molecule has 0 atom stereocenters. The highest BCUT2D eigenvalue weighted by molar-refractivity contribution is 6.11. The zero-order valence-corrected chi connectivity index (χ0v) is 12.8. The van der Waals surface area contributed by atoms with E-state index in [9.17, 15) is 19.3 Å². The molecule has 1 aliphatic rings. The SMILES string of the molecule is O=C1OC(c2ccc(F)cc2)=N/C1=C/C=C/c1cccc([N+](=O)[O-])c1. The van der Waals surface area contributed by atoms with Gasteiger partial charge in [0, 0.05) is 17.7 Å². The van der Waals surface area contributed by atoms with Crippen LogP contribution >= 0.6 is 0 Å². The van der Waals surface area contributed by atoms with Crippen LogP contribution in [0.2, 0.25) is 0 Å². The van der Waals surface area contributed by atoms with E-state index in [2.05, 4.69) is 4.99 Å². The number of hydrogen-bond donors (Lipinski definition) is 0. The van der Waals surface area contributed by atoms with Gasteiger partial charge in [-0.1, -0.05) is 24.3 Å². The second kappa shape index (κ2) is 6.88. The van der Waals surface area contributed by atoms with Crippen LogP contribution in [0.5, 0.6) is 0 Å². The lowest BCUT2D eigenvalue weighted by Crippen LogP contribution is -2.05. The average molecular weight is 338 g/mol. The number of hydrogen-bond acceptors (Lipinski definition) is 5. The van der Waals surface area contributed by atoms with Crippen molar-refractivity contribution >= 4 is 23.6 Å². The highest BCUT2D eigenvalue weighted by Gasteiger charge is 2.23. The molecule has 0 radical (unpaired) electrons. The molecule has 25 heavy (non-hydrogen) atoms. The van der Waals surface area contributed by atoms with Crippen molar-refractivity contribution in [3.63, 3.8) is 0 Å². The number of nitrogens with zero attached hydrogens (tertiary/aromatic N) is 2. The number of nitro benzene ring substituents is 1. The third-order valence-electron chi connectivity index (χ3n) is 3.34. The van der Waals surface area contributed by atoms with E-state index in [1.807, 2.05) is 0 Å². The number of cyclic esters (lactones) is 1. The number of non-ortho nitro benzene ring substituents is 1. The highest BCUT2D eigenvalue weighted by Crippen LogP contribution is 2.18. The van der Waals surface area contributed by atoms with E-state index in [1.54, 1.807) is 24.3 Å². The summed E-state index contributed by atoms with van der Waals surface area (Å²) < 4.78 is 18.0. The van der Waals surface area contributed by atoms with Gasteiger partial charge >= 0.3 is 5.97 Å². The van der Waals surface area contributed by atoms with E-state index in [-0.39, 0.29) is 17.3 Å². The number of allylic oxidation sites excluding steroid dienone is 2. The Balaban J connectivity index is 1.79. The summed E-state index contributed by atoms with van der Waals surface area (Å²) in [6, 6.07) is 11.5. The van der Waals surface area contributed by atoms with Gasteiger partial charge in [-0.15, -0.1) is 0 Å². The first-order chi connectivity index (χ1) is 12.0. The summed E-state index contributed by atoms with van der Waals surface area (Å²) in [5.74, 6) is -0.924. The van der Waals surface area contributed by atoms with Crippen molar-refractivity contribution in [2.45, 2.75) is 0 Å². The smallest absolute Gasteiger partial charge is 0.363 e. The Morgan fingerprint density at radius 3 is 2.64 bits per heavy atom. The van der Waals surface area contributed by atoms with Gasteiger partial charge in [-0.05, 0) is 35.9 Å². The van der Waals surface area contributed by atoms with Gasteiger partial charge in [0.05, 0.1) is 4.92 Å². The number of carbonyl (C=O) groups is 1. The van der Waals surface area contributed by atoms with Crippen LogP contribution < -0.4 is 0 Å². The lowest BCUT2D eigenvalue weighted by molar-refractivity contribution is -0.384. The van der Waals surface area contributed by atoms with Crippen LogP contribution in [0.15, 0.2) is 71.4 Å². The van der Waals surface area contributed by atoms with Gasteiger partial charge < -0.3 is 4.74 Å². The van der Waals surface area contributed by atoms with Gasteiger partial charge in [0.2, 0.25) is 5.90 Å². The van der Waals surface area contributed by atoms with Gasteiger partial charge in [-0.3, -0.25) is 10.1 Å². The quantitative estimate of drug-likeness (QED) is 0.369. The maximum atomic E-state index is 12.9. The Bertz CT molecular complexity index is 930. The Morgan fingerprint density at radius 1 is 1.16 bits per heavy atom. The maximum absolute atomic E-state index is 12.9. The zero-order valence-electron chi connectivity index (χ0n) is 12.8. The second-order valence-corrected chi connectivity index (χ2v) is 5.08. The first-order valence-corrected chi connectivity index (χ1v) is 7.22.